The number of carbonyl (C=O) groups is 2. The molecule has 0 saturated heterocycles. The van der Waals surface area contributed by atoms with Crippen molar-refractivity contribution in [1.82, 2.24) is 4.90 Å². The highest BCUT2D eigenvalue weighted by molar-refractivity contribution is 5.91. The van der Waals surface area contributed by atoms with Crippen LogP contribution in [-0.4, -0.2) is 44.2 Å². The number of carbonyl (C=O) groups excluding carboxylic acids is 1. The SMILES string of the molecule is C=CC(=O)N(C(C)C)C(Cc1ccc(O)c(O)c1)C(=O)O. The number of aliphatic carboxylic acids is 1. The lowest BCUT2D eigenvalue weighted by atomic mass is 10.0. The number of nitrogens with zero attached hydrogens (tertiary/aromatic N) is 1. The van der Waals surface area contributed by atoms with Gasteiger partial charge in [-0.05, 0) is 37.6 Å². The quantitative estimate of drug-likeness (QED) is 0.545. The third-order valence-corrected chi connectivity index (χ3v) is 3.08. The van der Waals surface area contributed by atoms with Gasteiger partial charge in [-0.2, -0.15) is 0 Å². The van der Waals surface area contributed by atoms with Gasteiger partial charge in [0.15, 0.2) is 11.5 Å². The van der Waals surface area contributed by atoms with E-state index in [9.17, 15) is 24.9 Å². The molecule has 21 heavy (non-hydrogen) atoms. The summed E-state index contributed by atoms with van der Waals surface area (Å²) in [5.74, 6) is -2.23. The molecule has 1 aromatic rings. The molecule has 0 radical (unpaired) electrons. The number of carboxylic acid groups (broad SMARTS) is 1. The van der Waals surface area contributed by atoms with Gasteiger partial charge < -0.3 is 20.2 Å². The first-order valence-electron chi connectivity index (χ1n) is 6.46. The molecule has 1 rings (SSSR count). The van der Waals surface area contributed by atoms with E-state index in [1.807, 2.05) is 0 Å². The van der Waals surface area contributed by atoms with Gasteiger partial charge in [0.05, 0.1) is 0 Å². The Morgan fingerprint density at radius 2 is 1.90 bits per heavy atom. The monoisotopic (exact) mass is 293 g/mol. The minimum absolute atomic E-state index is 0.0148. The molecule has 1 aromatic carbocycles. The maximum Gasteiger partial charge on any atom is 0.326 e. The van der Waals surface area contributed by atoms with Crippen LogP contribution >= 0.6 is 0 Å². The van der Waals surface area contributed by atoms with E-state index in [0.717, 1.165) is 6.08 Å². The fourth-order valence-electron chi connectivity index (χ4n) is 2.10. The zero-order chi connectivity index (χ0) is 16.2. The fraction of sp³-hybridized carbons (Fsp3) is 0.333. The van der Waals surface area contributed by atoms with Gasteiger partial charge in [-0.15, -0.1) is 0 Å². The Hall–Kier alpha value is -2.50. The number of hydrogen-bond acceptors (Lipinski definition) is 4. The van der Waals surface area contributed by atoms with Crippen LogP contribution in [0.25, 0.3) is 0 Å². The highest BCUT2D eigenvalue weighted by Crippen LogP contribution is 2.26. The molecule has 0 aliphatic rings. The van der Waals surface area contributed by atoms with Crippen molar-refractivity contribution >= 4 is 11.9 Å². The number of benzene rings is 1. The minimum Gasteiger partial charge on any atom is -0.504 e. The standard InChI is InChI=1S/C15H19NO5/c1-4-14(19)16(9(2)3)11(15(20)21)7-10-5-6-12(17)13(18)8-10/h4-6,8-9,11,17-18H,1,7H2,2-3H3,(H,20,21). The number of hydrogen-bond donors (Lipinski definition) is 3. The van der Waals surface area contributed by atoms with Gasteiger partial charge in [0.25, 0.3) is 0 Å². The van der Waals surface area contributed by atoms with Gasteiger partial charge in [0.2, 0.25) is 5.91 Å². The molecule has 6 heteroatoms. The largest absolute Gasteiger partial charge is 0.504 e. The van der Waals surface area contributed by atoms with Crippen molar-refractivity contribution in [3.8, 4) is 11.5 Å². The van der Waals surface area contributed by atoms with Gasteiger partial charge in [0, 0.05) is 12.5 Å². The second-order valence-corrected chi connectivity index (χ2v) is 4.92. The van der Waals surface area contributed by atoms with Crippen molar-refractivity contribution in [2.75, 3.05) is 0 Å². The molecule has 1 unspecified atom stereocenters. The predicted molar refractivity (Wildman–Crippen MR) is 77.1 cm³/mol. The van der Waals surface area contributed by atoms with Crippen LogP contribution in [0.15, 0.2) is 30.9 Å². The molecule has 0 saturated carbocycles. The molecule has 0 aliphatic carbocycles. The predicted octanol–water partition coefficient (Wildman–Crippen LogP) is 1.52. The molecule has 0 aromatic heterocycles. The summed E-state index contributed by atoms with van der Waals surface area (Å²) in [5, 5.41) is 28.1. The number of aromatic hydroxyl groups is 2. The smallest absolute Gasteiger partial charge is 0.326 e. The summed E-state index contributed by atoms with van der Waals surface area (Å²) in [7, 11) is 0. The molecule has 6 nitrogen and oxygen atoms in total. The van der Waals surface area contributed by atoms with Crippen molar-refractivity contribution in [2.24, 2.45) is 0 Å². The molecule has 0 aliphatic heterocycles. The van der Waals surface area contributed by atoms with Crippen molar-refractivity contribution in [2.45, 2.75) is 32.4 Å². The van der Waals surface area contributed by atoms with E-state index in [1.54, 1.807) is 13.8 Å². The molecule has 114 valence electrons. The Morgan fingerprint density at radius 3 is 2.33 bits per heavy atom. The van der Waals surface area contributed by atoms with Crippen LogP contribution < -0.4 is 0 Å². The Balaban J connectivity index is 3.10. The number of phenolic OH excluding ortho intramolecular Hbond substituents is 2. The van der Waals surface area contributed by atoms with Crippen LogP contribution in [0.2, 0.25) is 0 Å². The third-order valence-electron chi connectivity index (χ3n) is 3.08. The Bertz CT molecular complexity index is 553. The number of amides is 1. The average molecular weight is 293 g/mol. The highest BCUT2D eigenvalue weighted by atomic mass is 16.4. The average Bonchev–Trinajstić information content (AvgIpc) is 2.41. The molecule has 0 fully saturated rings. The van der Waals surface area contributed by atoms with Crippen LogP contribution in [0, 0.1) is 0 Å². The highest BCUT2D eigenvalue weighted by Gasteiger charge is 2.30. The van der Waals surface area contributed by atoms with E-state index in [2.05, 4.69) is 6.58 Å². The summed E-state index contributed by atoms with van der Waals surface area (Å²) in [4.78, 5) is 24.6. The van der Waals surface area contributed by atoms with Gasteiger partial charge in [-0.25, -0.2) is 4.79 Å². The Kier molecular flexibility index (Phi) is 5.35. The van der Waals surface area contributed by atoms with E-state index in [0.29, 0.717) is 5.56 Å². The maximum absolute atomic E-state index is 11.9. The van der Waals surface area contributed by atoms with Crippen LogP contribution in [0.5, 0.6) is 11.5 Å². The molecule has 0 heterocycles. The summed E-state index contributed by atoms with van der Waals surface area (Å²) >= 11 is 0. The van der Waals surface area contributed by atoms with E-state index < -0.39 is 17.9 Å². The second kappa shape index (κ2) is 6.78. The first kappa shape index (κ1) is 16.6. The summed E-state index contributed by atoms with van der Waals surface area (Å²) in [6, 6.07) is 2.66. The maximum atomic E-state index is 11.9. The Labute approximate surface area is 122 Å². The van der Waals surface area contributed by atoms with E-state index in [1.165, 1.54) is 23.1 Å². The molecule has 1 amide bonds. The summed E-state index contributed by atoms with van der Waals surface area (Å²) in [5.41, 5.74) is 0.500. The fourth-order valence-corrected chi connectivity index (χ4v) is 2.10. The van der Waals surface area contributed by atoms with Crippen molar-refractivity contribution in [1.29, 1.82) is 0 Å². The molecule has 3 N–H and O–H groups in total. The molecular formula is C15H19NO5. The summed E-state index contributed by atoms with van der Waals surface area (Å²) < 4.78 is 0. The normalized spacial score (nSPS) is 12.0. The lowest BCUT2D eigenvalue weighted by Gasteiger charge is -2.31. The van der Waals surface area contributed by atoms with Crippen LogP contribution in [0.1, 0.15) is 19.4 Å². The van der Waals surface area contributed by atoms with E-state index >= 15 is 0 Å². The van der Waals surface area contributed by atoms with Gasteiger partial charge in [0.1, 0.15) is 6.04 Å². The van der Waals surface area contributed by atoms with Gasteiger partial charge in [-0.1, -0.05) is 12.6 Å². The summed E-state index contributed by atoms with van der Waals surface area (Å²) in [6.07, 6.45) is 1.09. The molecule has 0 bridgehead atoms. The summed E-state index contributed by atoms with van der Waals surface area (Å²) in [6.45, 7) is 6.81. The molecule has 1 atom stereocenters. The molecular weight excluding hydrogens is 274 g/mol. The lowest BCUT2D eigenvalue weighted by Crippen LogP contribution is -2.49. The number of rotatable bonds is 6. The van der Waals surface area contributed by atoms with E-state index in [-0.39, 0.29) is 24.0 Å². The van der Waals surface area contributed by atoms with Crippen molar-refractivity contribution in [3.63, 3.8) is 0 Å². The molecule has 0 spiro atoms. The number of carboxylic acids is 1. The third kappa shape index (κ3) is 3.98. The zero-order valence-electron chi connectivity index (χ0n) is 12.0. The van der Waals surface area contributed by atoms with Crippen LogP contribution in [0.4, 0.5) is 0 Å². The second-order valence-electron chi connectivity index (χ2n) is 4.92. The lowest BCUT2D eigenvalue weighted by molar-refractivity contribution is -0.149. The van der Waals surface area contributed by atoms with Gasteiger partial charge >= 0.3 is 5.97 Å². The zero-order valence-corrected chi connectivity index (χ0v) is 12.0. The number of phenols is 2. The van der Waals surface area contributed by atoms with Crippen molar-refractivity contribution < 1.29 is 24.9 Å². The minimum atomic E-state index is -1.15. The van der Waals surface area contributed by atoms with Gasteiger partial charge in [-0.3, -0.25) is 4.79 Å². The van der Waals surface area contributed by atoms with Crippen LogP contribution in [-0.2, 0) is 16.0 Å². The Morgan fingerprint density at radius 1 is 1.29 bits per heavy atom. The van der Waals surface area contributed by atoms with Crippen LogP contribution in [0.3, 0.4) is 0 Å². The first-order chi connectivity index (χ1) is 9.77. The topological polar surface area (TPSA) is 98.1 Å². The van der Waals surface area contributed by atoms with Crippen molar-refractivity contribution in [3.05, 3.63) is 36.4 Å². The van der Waals surface area contributed by atoms with E-state index in [4.69, 9.17) is 0 Å². The first-order valence-corrected chi connectivity index (χ1v) is 6.46.